The van der Waals surface area contributed by atoms with Crippen LogP contribution in [0.1, 0.15) is 38.7 Å². The Morgan fingerprint density at radius 3 is 2.48 bits per heavy atom. The van der Waals surface area contributed by atoms with Crippen molar-refractivity contribution in [3.05, 3.63) is 35.9 Å². The summed E-state index contributed by atoms with van der Waals surface area (Å²) >= 11 is 0. The van der Waals surface area contributed by atoms with E-state index in [9.17, 15) is 14.7 Å². The van der Waals surface area contributed by atoms with Crippen molar-refractivity contribution < 1.29 is 24.2 Å². The van der Waals surface area contributed by atoms with Gasteiger partial charge in [-0.15, -0.1) is 0 Å². The number of carboxylic acids is 1. The second kappa shape index (κ2) is 7.59. The van der Waals surface area contributed by atoms with Crippen LogP contribution in [0.3, 0.4) is 0 Å². The molecule has 5 nitrogen and oxygen atoms in total. The summed E-state index contributed by atoms with van der Waals surface area (Å²) in [6.07, 6.45) is 0.865. The van der Waals surface area contributed by atoms with Crippen LogP contribution in [0.25, 0.3) is 0 Å². The molecule has 23 heavy (non-hydrogen) atoms. The summed E-state index contributed by atoms with van der Waals surface area (Å²) in [5.74, 6) is -1.34. The number of carbonyl (C=O) groups is 2. The van der Waals surface area contributed by atoms with Crippen molar-refractivity contribution in [3.8, 4) is 0 Å². The van der Waals surface area contributed by atoms with Gasteiger partial charge in [0, 0.05) is 12.8 Å². The van der Waals surface area contributed by atoms with Crippen molar-refractivity contribution in [1.82, 2.24) is 0 Å². The van der Waals surface area contributed by atoms with Gasteiger partial charge < -0.3 is 14.6 Å². The lowest BCUT2D eigenvalue weighted by molar-refractivity contribution is -0.189. The molecule has 1 aliphatic carbocycles. The maximum absolute atomic E-state index is 12.1. The monoisotopic (exact) mass is 320 g/mol. The largest absolute Gasteiger partial charge is 0.480 e. The molecule has 1 saturated carbocycles. The Bertz CT molecular complexity index is 532. The van der Waals surface area contributed by atoms with Gasteiger partial charge in [-0.3, -0.25) is 9.59 Å². The average Bonchev–Trinajstić information content (AvgIpc) is 2.46. The number of carbonyl (C=O) groups excluding carboxylic acids is 1. The van der Waals surface area contributed by atoms with Crippen LogP contribution in [0.5, 0.6) is 0 Å². The molecule has 2 rings (SSSR count). The molecule has 0 aliphatic heterocycles. The molecular formula is C18H24O5. The number of carboxylic acid groups (broad SMARTS) is 1. The first kappa shape index (κ1) is 17.5. The van der Waals surface area contributed by atoms with E-state index in [1.54, 1.807) is 0 Å². The highest BCUT2D eigenvalue weighted by atomic mass is 16.5. The maximum Gasteiger partial charge on any atom is 0.323 e. The van der Waals surface area contributed by atoms with E-state index in [0.717, 1.165) is 12.0 Å². The standard InChI is InChI=1S/C18H24O5/c1-13(2)8-9-22-17(21)18(16(19)20)10-15(11-18)23-12-14-6-4-3-5-7-14/h3-7,13,15H,8-12H2,1-2H3,(H,19,20). The average molecular weight is 320 g/mol. The highest BCUT2D eigenvalue weighted by molar-refractivity contribution is 6.00. The molecule has 0 aromatic heterocycles. The lowest BCUT2D eigenvalue weighted by Crippen LogP contribution is -2.54. The Labute approximate surface area is 136 Å². The van der Waals surface area contributed by atoms with Gasteiger partial charge >= 0.3 is 11.9 Å². The molecular weight excluding hydrogens is 296 g/mol. The third-order valence-corrected chi connectivity index (χ3v) is 4.21. The molecule has 0 radical (unpaired) electrons. The summed E-state index contributed by atoms with van der Waals surface area (Å²) in [6, 6.07) is 9.67. The lowest BCUT2D eigenvalue weighted by atomic mass is 9.66. The summed E-state index contributed by atoms with van der Waals surface area (Å²) in [4.78, 5) is 23.6. The van der Waals surface area contributed by atoms with Gasteiger partial charge in [0.05, 0.1) is 19.3 Å². The van der Waals surface area contributed by atoms with E-state index < -0.39 is 17.4 Å². The first-order valence-corrected chi connectivity index (χ1v) is 8.00. The van der Waals surface area contributed by atoms with Crippen LogP contribution < -0.4 is 0 Å². The topological polar surface area (TPSA) is 72.8 Å². The van der Waals surface area contributed by atoms with Crippen molar-refractivity contribution in [3.63, 3.8) is 0 Å². The fraction of sp³-hybridized carbons (Fsp3) is 0.556. The van der Waals surface area contributed by atoms with Gasteiger partial charge in [-0.05, 0) is 17.9 Å². The molecule has 0 saturated heterocycles. The molecule has 0 spiro atoms. The highest BCUT2D eigenvalue weighted by Gasteiger charge is 2.58. The zero-order valence-corrected chi connectivity index (χ0v) is 13.7. The van der Waals surface area contributed by atoms with E-state index in [0.29, 0.717) is 12.5 Å². The van der Waals surface area contributed by atoms with Gasteiger partial charge in [-0.1, -0.05) is 44.2 Å². The fourth-order valence-electron chi connectivity index (χ4n) is 2.58. The van der Waals surface area contributed by atoms with Crippen LogP contribution in [0, 0.1) is 11.3 Å². The van der Waals surface area contributed by atoms with Gasteiger partial charge in [-0.2, -0.15) is 0 Å². The molecule has 1 fully saturated rings. The van der Waals surface area contributed by atoms with Crippen molar-refractivity contribution >= 4 is 11.9 Å². The zero-order valence-electron chi connectivity index (χ0n) is 13.7. The molecule has 0 atom stereocenters. The summed E-state index contributed by atoms with van der Waals surface area (Å²) in [6.45, 7) is 4.74. The minimum Gasteiger partial charge on any atom is -0.480 e. The Balaban J connectivity index is 1.83. The third kappa shape index (κ3) is 4.32. The number of esters is 1. The zero-order chi connectivity index (χ0) is 16.9. The van der Waals surface area contributed by atoms with Gasteiger partial charge in [-0.25, -0.2) is 0 Å². The number of hydrogen-bond acceptors (Lipinski definition) is 4. The van der Waals surface area contributed by atoms with E-state index in [1.165, 1.54) is 0 Å². The van der Waals surface area contributed by atoms with Crippen LogP contribution in [0.15, 0.2) is 30.3 Å². The van der Waals surface area contributed by atoms with E-state index in [2.05, 4.69) is 0 Å². The number of hydrogen-bond donors (Lipinski definition) is 1. The molecule has 1 N–H and O–H groups in total. The van der Waals surface area contributed by atoms with E-state index in [4.69, 9.17) is 9.47 Å². The summed E-state index contributed by atoms with van der Waals surface area (Å²) < 4.78 is 10.8. The summed E-state index contributed by atoms with van der Waals surface area (Å²) in [5.41, 5.74) is -0.405. The lowest BCUT2D eigenvalue weighted by Gasteiger charge is -2.41. The highest BCUT2D eigenvalue weighted by Crippen LogP contribution is 2.44. The van der Waals surface area contributed by atoms with Crippen LogP contribution in [-0.4, -0.2) is 29.8 Å². The van der Waals surface area contributed by atoms with Crippen molar-refractivity contribution in [2.75, 3.05) is 6.61 Å². The Hall–Kier alpha value is -1.88. The normalized spacial score (nSPS) is 23.3. The summed E-state index contributed by atoms with van der Waals surface area (Å²) in [7, 11) is 0. The van der Waals surface area contributed by atoms with E-state index in [-0.39, 0.29) is 25.6 Å². The Morgan fingerprint density at radius 2 is 1.91 bits per heavy atom. The maximum atomic E-state index is 12.1. The van der Waals surface area contributed by atoms with E-state index in [1.807, 2.05) is 44.2 Å². The molecule has 0 bridgehead atoms. The molecule has 1 aromatic carbocycles. The van der Waals surface area contributed by atoms with Gasteiger partial charge in [0.2, 0.25) is 0 Å². The van der Waals surface area contributed by atoms with Gasteiger partial charge in [0.15, 0.2) is 5.41 Å². The van der Waals surface area contributed by atoms with Crippen LogP contribution >= 0.6 is 0 Å². The van der Waals surface area contributed by atoms with Gasteiger partial charge in [0.1, 0.15) is 0 Å². The predicted molar refractivity (Wildman–Crippen MR) is 84.7 cm³/mol. The SMILES string of the molecule is CC(C)CCOC(=O)C1(C(=O)O)CC(OCc2ccccc2)C1. The van der Waals surface area contributed by atoms with Crippen molar-refractivity contribution in [2.45, 2.75) is 45.8 Å². The minimum absolute atomic E-state index is 0.176. The fourth-order valence-corrected chi connectivity index (χ4v) is 2.58. The van der Waals surface area contributed by atoms with E-state index >= 15 is 0 Å². The number of rotatable bonds is 8. The predicted octanol–water partition coefficient (Wildman–Crippen LogP) is 3.03. The first-order valence-electron chi connectivity index (χ1n) is 8.00. The smallest absolute Gasteiger partial charge is 0.323 e. The Kier molecular flexibility index (Phi) is 5.77. The molecule has 0 unspecified atom stereocenters. The first-order chi connectivity index (χ1) is 10.9. The summed E-state index contributed by atoms with van der Waals surface area (Å²) in [5, 5.41) is 9.41. The molecule has 1 aliphatic rings. The third-order valence-electron chi connectivity index (χ3n) is 4.21. The molecule has 1 aromatic rings. The van der Waals surface area contributed by atoms with Crippen molar-refractivity contribution in [2.24, 2.45) is 11.3 Å². The van der Waals surface area contributed by atoms with Crippen LogP contribution in [0.2, 0.25) is 0 Å². The molecule has 5 heteroatoms. The Morgan fingerprint density at radius 1 is 1.26 bits per heavy atom. The second-order valence-corrected chi connectivity index (χ2v) is 6.53. The second-order valence-electron chi connectivity index (χ2n) is 6.53. The molecule has 0 heterocycles. The number of benzene rings is 1. The minimum atomic E-state index is -1.43. The quantitative estimate of drug-likeness (QED) is 0.589. The number of aliphatic carboxylic acids is 1. The number of ether oxygens (including phenoxy) is 2. The molecule has 126 valence electrons. The van der Waals surface area contributed by atoms with Crippen LogP contribution in [0.4, 0.5) is 0 Å². The van der Waals surface area contributed by atoms with Crippen molar-refractivity contribution in [1.29, 1.82) is 0 Å². The molecule has 0 amide bonds. The van der Waals surface area contributed by atoms with Gasteiger partial charge in [0.25, 0.3) is 0 Å². The van der Waals surface area contributed by atoms with Crippen LogP contribution in [-0.2, 0) is 25.7 Å².